The molecule has 2 aliphatic rings. The Kier molecular flexibility index (Phi) is 8.51. The number of halogens is 12. The summed E-state index contributed by atoms with van der Waals surface area (Å²) >= 11 is 0. The molecule has 36 heavy (non-hydrogen) atoms. The van der Waals surface area contributed by atoms with Crippen molar-refractivity contribution < 1.29 is 77.2 Å². The quantitative estimate of drug-likeness (QED) is 0.398. The zero-order valence-electron chi connectivity index (χ0n) is 18.0. The minimum atomic E-state index is -6.59. The standard InChI is InChI=1S/C18H21F12NO5/c19-15(20,21)13(33,16(22,23)24)9-5-10(14(34,17(25,26)27)18(28,29)30)7-11(6-9)36-12(32)8-31-1-3-35-4-2-31/h9-11,33-34H,1-8H2. The highest BCUT2D eigenvalue weighted by atomic mass is 19.4. The van der Waals surface area contributed by atoms with Crippen molar-refractivity contribution in [3.63, 3.8) is 0 Å². The molecule has 1 heterocycles. The third kappa shape index (κ3) is 5.80. The van der Waals surface area contributed by atoms with Gasteiger partial charge in [-0.15, -0.1) is 0 Å². The number of aliphatic hydroxyl groups is 2. The molecule has 0 aromatic carbocycles. The molecule has 2 unspecified atom stereocenters. The molecule has 2 N–H and O–H groups in total. The second-order valence-electron chi connectivity index (χ2n) is 8.63. The number of morpholine rings is 1. The third-order valence-electron chi connectivity index (χ3n) is 6.33. The molecule has 0 radical (unpaired) electrons. The second-order valence-corrected chi connectivity index (χ2v) is 8.63. The van der Waals surface area contributed by atoms with Crippen molar-refractivity contribution in [2.45, 2.75) is 61.3 Å². The maximum atomic E-state index is 13.4. The summed E-state index contributed by atoms with van der Waals surface area (Å²) in [4.78, 5) is 13.5. The second kappa shape index (κ2) is 9.98. The van der Waals surface area contributed by atoms with Crippen LogP contribution in [-0.2, 0) is 14.3 Å². The zero-order chi connectivity index (χ0) is 28.0. The van der Waals surface area contributed by atoms with E-state index < -0.39 is 85.6 Å². The van der Waals surface area contributed by atoms with Crippen LogP contribution < -0.4 is 0 Å². The summed E-state index contributed by atoms with van der Waals surface area (Å²) in [5.74, 6) is -8.12. The van der Waals surface area contributed by atoms with E-state index in [1.54, 1.807) is 0 Å². The smallest absolute Gasteiger partial charge is 0.426 e. The Morgan fingerprint density at radius 1 is 0.722 bits per heavy atom. The van der Waals surface area contributed by atoms with Gasteiger partial charge in [-0.25, -0.2) is 0 Å². The number of hydrogen-bond donors (Lipinski definition) is 2. The van der Waals surface area contributed by atoms with Gasteiger partial charge in [-0.1, -0.05) is 0 Å². The van der Waals surface area contributed by atoms with Gasteiger partial charge in [0.1, 0.15) is 6.10 Å². The molecule has 1 saturated heterocycles. The van der Waals surface area contributed by atoms with Crippen LogP contribution in [0.3, 0.4) is 0 Å². The average molecular weight is 559 g/mol. The number of carbonyl (C=O) groups excluding carboxylic acids is 1. The first-order valence-electron chi connectivity index (χ1n) is 10.3. The fourth-order valence-electron chi connectivity index (χ4n) is 4.46. The molecule has 1 aliphatic heterocycles. The average Bonchev–Trinajstić information content (AvgIpc) is 2.69. The highest BCUT2D eigenvalue weighted by Crippen LogP contribution is 2.57. The summed E-state index contributed by atoms with van der Waals surface area (Å²) in [5, 5.41) is 19.3. The Hall–Kier alpha value is -1.53. The molecule has 0 aromatic heterocycles. The number of alkyl halides is 12. The molecule has 0 aromatic rings. The van der Waals surface area contributed by atoms with Crippen molar-refractivity contribution in [2.24, 2.45) is 11.8 Å². The highest BCUT2D eigenvalue weighted by molar-refractivity contribution is 5.71. The summed E-state index contributed by atoms with van der Waals surface area (Å²) in [5.41, 5.74) is -11.5. The van der Waals surface area contributed by atoms with Gasteiger partial charge >= 0.3 is 30.7 Å². The van der Waals surface area contributed by atoms with Crippen molar-refractivity contribution in [1.29, 1.82) is 0 Å². The van der Waals surface area contributed by atoms with E-state index in [1.165, 1.54) is 4.90 Å². The van der Waals surface area contributed by atoms with Gasteiger partial charge in [0.25, 0.3) is 11.2 Å². The van der Waals surface area contributed by atoms with Crippen LogP contribution in [0.1, 0.15) is 19.3 Å². The van der Waals surface area contributed by atoms with Gasteiger partial charge in [-0.05, 0) is 19.3 Å². The number of carbonyl (C=O) groups is 1. The van der Waals surface area contributed by atoms with Crippen LogP contribution in [0.25, 0.3) is 0 Å². The van der Waals surface area contributed by atoms with Crippen LogP contribution in [0, 0.1) is 11.8 Å². The molecule has 1 saturated carbocycles. The van der Waals surface area contributed by atoms with Gasteiger partial charge in [0, 0.05) is 24.9 Å². The van der Waals surface area contributed by atoms with E-state index in [9.17, 15) is 67.7 Å². The van der Waals surface area contributed by atoms with Gasteiger partial charge < -0.3 is 19.7 Å². The Morgan fingerprint density at radius 3 is 1.42 bits per heavy atom. The van der Waals surface area contributed by atoms with E-state index in [1.807, 2.05) is 0 Å². The van der Waals surface area contributed by atoms with Gasteiger partial charge in [0.15, 0.2) is 0 Å². The van der Waals surface area contributed by atoms with Crippen molar-refractivity contribution in [3.8, 4) is 0 Å². The fourth-order valence-corrected chi connectivity index (χ4v) is 4.46. The Morgan fingerprint density at radius 2 is 1.08 bits per heavy atom. The van der Waals surface area contributed by atoms with E-state index >= 15 is 0 Å². The van der Waals surface area contributed by atoms with Gasteiger partial charge in [0.05, 0.1) is 19.8 Å². The first-order valence-corrected chi connectivity index (χ1v) is 10.3. The molecule has 6 nitrogen and oxygen atoms in total. The molecule has 0 bridgehead atoms. The molecule has 0 spiro atoms. The maximum Gasteiger partial charge on any atom is 0.426 e. The van der Waals surface area contributed by atoms with Crippen molar-refractivity contribution in [2.75, 3.05) is 32.8 Å². The number of ether oxygens (including phenoxy) is 2. The summed E-state index contributed by atoms with van der Waals surface area (Å²) in [7, 11) is 0. The Labute approximate surface area is 195 Å². The van der Waals surface area contributed by atoms with Crippen molar-refractivity contribution in [3.05, 3.63) is 0 Å². The van der Waals surface area contributed by atoms with Crippen LogP contribution in [-0.4, -0.2) is 95.9 Å². The van der Waals surface area contributed by atoms with Crippen molar-refractivity contribution in [1.82, 2.24) is 4.90 Å². The molecule has 2 atom stereocenters. The fraction of sp³-hybridized carbons (Fsp3) is 0.944. The third-order valence-corrected chi connectivity index (χ3v) is 6.33. The first-order chi connectivity index (χ1) is 16.1. The lowest BCUT2D eigenvalue weighted by Gasteiger charge is -2.48. The van der Waals surface area contributed by atoms with Crippen LogP contribution >= 0.6 is 0 Å². The molecule has 1 aliphatic carbocycles. The lowest BCUT2D eigenvalue weighted by atomic mass is 9.65. The predicted molar refractivity (Wildman–Crippen MR) is 92.1 cm³/mol. The summed E-state index contributed by atoms with van der Waals surface area (Å²) in [6.45, 7) is -0.102. The largest absolute Gasteiger partial charge is 0.461 e. The van der Waals surface area contributed by atoms with Gasteiger partial charge in [-0.2, -0.15) is 52.7 Å². The van der Waals surface area contributed by atoms with Gasteiger partial charge in [0.2, 0.25) is 0 Å². The first kappa shape index (κ1) is 30.7. The molecular formula is C18H21F12NO5. The van der Waals surface area contributed by atoms with Gasteiger partial charge in [-0.3, -0.25) is 9.69 Å². The topological polar surface area (TPSA) is 79.2 Å². The number of nitrogens with zero attached hydrogens (tertiary/aromatic N) is 1. The lowest BCUT2D eigenvalue weighted by molar-refractivity contribution is -0.405. The Balaban J connectivity index is 2.48. The summed E-state index contributed by atoms with van der Waals surface area (Å²) < 4.78 is 170. The number of esters is 1. The summed E-state index contributed by atoms with van der Waals surface area (Å²) in [6.07, 6.45) is -34.1. The summed E-state index contributed by atoms with van der Waals surface area (Å²) in [6, 6.07) is 0. The number of rotatable bonds is 5. The lowest BCUT2D eigenvalue weighted by Crippen LogP contribution is -2.67. The van der Waals surface area contributed by atoms with E-state index in [0.29, 0.717) is 0 Å². The molecule has 212 valence electrons. The highest BCUT2D eigenvalue weighted by Gasteiger charge is 2.78. The molecule has 2 fully saturated rings. The number of hydrogen-bond acceptors (Lipinski definition) is 6. The molecule has 0 amide bonds. The maximum absolute atomic E-state index is 13.4. The normalized spacial score (nSPS) is 26.1. The van der Waals surface area contributed by atoms with Crippen LogP contribution in [0.2, 0.25) is 0 Å². The monoisotopic (exact) mass is 559 g/mol. The van der Waals surface area contributed by atoms with E-state index in [2.05, 4.69) is 4.74 Å². The SMILES string of the molecule is O=C(CN1CCOCC1)OC1CC(C(O)(C(F)(F)F)C(F)(F)F)CC(C(O)(C(F)(F)F)C(F)(F)F)C1. The predicted octanol–water partition coefficient (Wildman–Crippen LogP) is 3.36. The molecule has 18 heteroatoms. The van der Waals surface area contributed by atoms with E-state index in [-0.39, 0.29) is 26.3 Å². The molecular weight excluding hydrogens is 538 g/mol. The van der Waals surface area contributed by atoms with Crippen LogP contribution in [0.5, 0.6) is 0 Å². The Bertz CT molecular complexity index is 698. The zero-order valence-corrected chi connectivity index (χ0v) is 18.0. The minimum Gasteiger partial charge on any atom is -0.461 e. The van der Waals surface area contributed by atoms with Crippen molar-refractivity contribution >= 4 is 5.97 Å². The minimum absolute atomic E-state index is 0.134. The van der Waals surface area contributed by atoms with E-state index in [4.69, 9.17) is 4.74 Å². The molecule has 2 rings (SSSR count). The van der Waals surface area contributed by atoms with Crippen LogP contribution in [0.4, 0.5) is 52.7 Å². The van der Waals surface area contributed by atoms with E-state index in [0.717, 1.165) is 0 Å². The van der Waals surface area contributed by atoms with Crippen LogP contribution in [0.15, 0.2) is 0 Å².